The molecule has 5 aliphatic carbocycles. The molecule has 5 fully saturated rings. The molecule has 0 spiro atoms. The second-order valence-electron chi connectivity index (χ2n) is 9.62. The minimum Gasteiger partial charge on any atom is -0.454 e. The predicted octanol–water partition coefficient (Wildman–Crippen LogP) is 3.07. The van der Waals surface area contributed by atoms with E-state index >= 15 is 0 Å². The fourth-order valence-electron chi connectivity index (χ4n) is 6.08. The zero-order valence-corrected chi connectivity index (χ0v) is 17.2. The number of esters is 1. The van der Waals surface area contributed by atoms with Crippen molar-refractivity contribution in [2.75, 3.05) is 6.61 Å². The van der Waals surface area contributed by atoms with Crippen molar-refractivity contribution < 1.29 is 22.7 Å². The van der Waals surface area contributed by atoms with Crippen molar-refractivity contribution >= 4 is 21.8 Å². The highest BCUT2D eigenvalue weighted by atomic mass is 32.2. The van der Waals surface area contributed by atoms with Crippen LogP contribution in [0.1, 0.15) is 61.7 Å². The minimum absolute atomic E-state index is 0.0280. The largest absolute Gasteiger partial charge is 0.454 e. The van der Waals surface area contributed by atoms with E-state index in [9.17, 15) is 18.0 Å². The van der Waals surface area contributed by atoms with Gasteiger partial charge in [-0.25, -0.2) is 17.9 Å². The van der Waals surface area contributed by atoms with Crippen LogP contribution in [0.2, 0.25) is 0 Å². The van der Waals surface area contributed by atoms with Gasteiger partial charge >= 0.3 is 5.97 Å². The summed E-state index contributed by atoms with van der Waals surface area (Å²) >= 11 is 0. The maximum absolute atomic E-state index is 13.0. The van der Waals surface area contributed by atoms with Gasteiger partial charge in [0.25, 0.3) is 0 Å². The number of hydrogen-bond donors (Lipinski definition) is 1. The number of benzene rings is 1. The Labute approximate surface area is 171 Å². The van der Waals surface area contributed by atoms with Crippen LogP contribution in [0, 0.1) is 23.2 Å². The Morgan fingerprint density at radius 2 is 1.52 bits per heavy atom. The Morgan fingerprint density at radius 1 is 0.966 bits per heavy atom. The minimum atomic E-state index is -3.55. The van der Waals surface area contributed by atoms with E-state index in [-0.39, 0.29) is 34.3 Å². The van der Waals surface area contributed by atoms with E-state index in [0.717, 1.165) is 32.1 Å². The molecule has 7 heteroatoms. The number of sulfonamides is 1. The van der Waals surface area contributed by atoms with Crippen molar-refractivity contribution in [2.45, 2.75) is 62.3 Å². The second kappa shape index (κ2) is 6.91. The molecule has 156 valence electrons. The summed E-state index contributed by atoms with van der Waals surface area (Å²) in [6, 6.07) is 5.72. The first-order valence-electron chi connectivity index (χ1n) is 10.7. The van der Waals surface area contributed by atoms with Gasteiger partial charge in [-0.2, -0.15) is 0 Å². The quantitative estimate of drug-likeness (QED) is 0.689. The monoisotopic (exact) mass is 417 g/mol. The molecule has 4 bridgehead atoms. The Kier molecular flexibility index (Phi) is 4.59. The second-order valence-corrected chi connectivity index (χ2v) is 11.3. The summed E-state index contributed by atoms with van der Waals surface area (Å²) in [5, 5.41) is 0. The molecule has 5 saturated carbocycles. The van der Waals surface area contributed by atoms with Gasteiger partial charge < -0.3 is 4.74 Å². The van der Waals surface area contributed by atoms with Crippen LogP contribution in [0.25, 0.3) is 0 Å². The highest BCUT2D eigenvalue weighted by Crippen LogP contribution is 2.60. The molecule has 0 atom stereocenters. The lowest BCUT2D eigenvalue weighted by Crippen LogP contribution is -2.51. The van der Waals surface area contributed by atoms with E-state index in [1.807, 2.05) is 0 Å². The van der Waals surface area contributed by atoms with Crippen LogP contribution in [0.3, 0.4) is 0 Å². The maximum Gasteiger partial charge on any atom is 0.338 e. The van der Waals surface area contributed by atoms with Crippen LogP contribution in [-0.2, 0) is 19.6 Å². The summed E-state index contributed by atoms with van der Waals surface area (Å²) in [6.45, 7) is -0.186. The molecule has 6 rings (SSSR count). The molecule has 6 nitrogen and oxygen atoms in total. The first-order valence-corrected chi connectivity index (χ1v) is 12.1. The Hall–Kier alpha value is -1.73. The van der Waals surface area contributed by atoms with E-state index in [0.29, 0.717) is 17.8 Å². The highest BCUT2D eigenvalue weighted by Gasteiger charge is 2.54. The van der Waals surface area contributed by atoms with Gasteiger partial charge in [0, 0.05) is 11.5 Å². The summed E-state index contributed by atoms with van der Waals surface area (Å²) in [5.41, 5.74) is -0.0183. The van der Waals surface area contributed by atoms with E-state index in [1.165, 1.54) is 43.5 Å². The number of carbonyl (C=O) groups excluding carboxylic acids is 2. The molecule has 0 unspecified atom stereocenters. The molecule has 0 aliphatic heterocycles. The number of hydrogen-bond acceptors (Lipinski definition) is 5. The zero-order valence-electron chi connectivity index (χ0n) is 16.4. The lowest BCUT2D eigenvalue weighted by atomic mass is 9.48. The van der Waals surface area contributed by atoms with Crippen LogP contribution in [0.5, 0.6) is 0 Å². The van der Waals surface area contributed by atoms with Gasteiger partial charge in [-0.1, -0.05) is 0 Å². The number of ether oxygens (including phenoxy) is 1. The van der Waals surface area contributed by atoms with E-state index in [1.54, 1.807) is 0 Å². The molecule has 0 radical (unpaired) electrons. The van der Waals surface area contributed by atoms with Crippen LogP contribution in [0.15, 0.2) is 29.2 Å². The molecule has 1 aromatic carbocycles. The van der Waals surface area contributed by atoms with E-state index in [2.05, 4.69) is 4.72 Å². The first-order chi connectivity index (χ1) is 13.8. The summed E-state index contributed by atoms with van der Waals surface area (Å²) in [6.07, 6.45) is 8.37. The fraction of sp³-hybridized carbons (Fsp3) is 0.636. The third-order valence-corrected chi connectivity index (χ3v) is 8.80. The molecule has 0 heterocycles. The first kappa shape index (κ1) is 19.2. The number of nitrogens with one attached hydrogen (secondary N) is 1. The number of rotatable bonds is 7. The van der Waals surface area contributed by atoms with Gasteiger partial charge in [0.2, 0.25) is 10.0 Å². The maximum atomic E-state index is 13.0. The Balaban J connectivity index is 1.20. The van der Waals surface area contributed by atoms with Crippen LogP contribution in [-0.4, -0.2) is 32.8 Å². The molecular weight excluding hydrogens is 390 g/mol. The highest BCUT2D eigenvalue weighted by molar-refractivity contribution is 7.89. The van der Waals surface area contributed by atoms with Gasteiger partial charge in [0.15, 0.2) is 12.4 Å². The number of ketones is 1. The van der Waals surface area contributed by atoms with E-state index < -0.39 is 16.0 Å². The van der Waals surface area contributed by atoms with Gasteiger partial charge in [0.1, 0.15) is 0 Å². The number of carbonyl (C=O) groups is 2. The predicted molar refractivity (Wildman–Crippen MR) is 106 cm³/mol. The molecule has 0 aromatic heterocycles. The Morgan fingerprint density at radius 3 is 2.03 bits per heavy atom. The molecule has 1 N–H and O–H groups in total. The topological polar surface area (TPSA) is 89.5 Å². The van der Waals surface area contributed by atoms with Gasteiger partial charge in [0.05, 0.1) is 10.5 Å². The fourth-order valence-corrected chi connectivity index (χ4v) is 7.38. The summed E-state index contributed by atoms with van der Waals surface area (Å²) < 4.78 is 32.4. The third-order valence-electron chi connectivity index (χ3n) is 7.26. The SMILES string of the molecule is O=C(OCC(=O)C12CC3CC(CC(C3)C1)C2)c1ccc(S(=O)(=O)NC2CC2)cc1. The summed E-state index contributed by atoms with van der Waals surface area (Å²) in [5.74, 6) is 1.49. The lowest BCUT2D eigenvalue weighted by Gasteiger charge is -2.55. The average molecular weight is 418 g/mol. The van der Waals surface area contributed by atoms with E-state index in [4.69, 9.17) is 4.74 Å². The van der Waals surface area contributed by atoms with Crippen molar-refractivity contribution in [3.05, 3.63) is 29.8 Å². The molecule has 0 saturated heterocycles. The number of Topliss-reactive ketones (excluding diaryl/α,β-unsaturated/α-hetero) is 1. The van der Waals surface area contributed by atoms with Crippen LogP contribution in [0.4, 0.5) is 0 Å². The van der Waals surface area contributed by atoms with Crippen molar-refractivity contribution in [2.24, 2.45) is 23.2 Å². The van der Waals surface area contributed by atoms with Gasteiger partial charge in [-0.15, -0.1) is 0 Å². The van der Waals surface area contributed by atoms with Crippen LogP contribution >= 0.6 is 0 Å². The molecule has 0 amide bonds. The normalized spacial score (nSPS) is 32.9. The average Bonchev–Trinajstić information content (AvgIpc) is 3.48. The standard InChI is InChI=1S/C22H27NO5S/c24-20(22-10-14-7-15(11-22)9-16(8-14)12-22)13-28-21(25)17-1-5-19(6-2-17)29(26,27)23-18-3-4-18/h1-2,5-6,14-16,18,23H,3-4,7-13H2. The van der Waals surface area contributed by atoms with Crippen molar-refractivity contribution in [1.29, 1.82) is 0 Å². The summed E-state index contributed by atoms with van der Waals surface area (Å²) in [7, 11) is -3.55. The van der Waals surface area contributed by atoms with Crippen molar-refractivity contribution in [1.82, 2.24) is 4.72 Å². The van der Waals surface area contributed by atoms with Gasteiger partial charge in [-0.05, 0) is 93.4 Å². The lowest BCUT2D eigenvalue weighted by molar-refractivity contribution is -0.147. The third kappa shape index (κ3) is 3.75. The smallest absolute Gasteiger partial charge is 0.338 e. The molecule has 5 aliphatic rings. The zero-order chi connectivity index (χ0) is 20.2. The Bertz CT molecular complexity index is 897. The molecule has 1 aromatic rings. The molecular formula is C22H27NO5S. The molecule has 29 heavy (non-hydrogen) atoms. The van der Waals surface area contributed by atoms with Gasteiger partial charge in [-0.3, -0.25) is 4.79 Å². The summed E-state index contributed by atoms with van der Waals surface area (Å²) in [4.78, 5) is 25.5. The van der Waals surface area contributed by atoms with Crippen molar-refractivity contribution in [3.8, 4) is 0 Å². The van der Waals surface area contributed by atoms with Crippen molar-refractivity contribution in [3.63, 3.8) is 0 Å². The van der Waals surface area contributed by atoms with Crippen LogP contribution < -0.4 is 4.72 Å².